The van der Waals surface area contributed by atoms with Crippen LogP contribution in [-0.4, -0.2) is 32.6 Å². The number of hydrogen-bond acceptors (Lipinski definition) is 5. The molecule has 0 unspecified atom stereocenters. The van der Waals surface area contributed by atoms with Crippen molar-refractivity contribution >= 4 is 17.7 Å². The van der Waals surface area contributed by atoms with Gasteiger partial charge in [0.2, 0.25) is 0 Å². The van der Waals surface area contributed by atoms with E-state index in [0.29, 0.717) is 0 Å². The monoisotopic (exact) mass is 371 g/mol. The van der Waals surface area contributed by atoms with Crippen molar-refractivity contribution in [3.8, 4) is 11.4 Å². The predicted molar refractivity (Wildman–Crippen MR) is 102 cm³/mol. The van der Waals surface area contributed by atoms with Gasteiger partial charge in [0.1, 0.15) is 6.10 Å². The second kappa shape index (κ2) is 7.06. The predicted octanol–water partition coefficient (Wildman–Crippen LogP) is 4.24. The van der Waals surface area contributed by atoms with Crippen molar-refractivity contribution in [2.75, 3.05) is 5.75 Å². The zero-order chi connectivity index (χ0) is 18.1. The van der Waals surface area contributed by atoms with Gasteiger partial charge in [0.15, 0.2) is 11.0 Å². The van der Waals surface area contributed by atoms with Gasteiger partial charge in [-0.1, -0.05) is 48.9 Å². The number of nitrogens with zero attached hydrogens (tertiary/aromatic N) is 3. The van der Waals surface area contributed by atoms with Crippen molar-refractivity contribution < 1.29 is 9.53 Å². The van der Waals surface area contributed by atoms with E-state index in [-0.39, 0.29) is 17.5 Å². The molecule has 2 heterocycles. The Balaban J connectivity index is 1.49. The molecule has 2 fully saturated rings. The molecule has 1 aromatic carbocycles. The van der Waals surface area contributed by atoms with Crippen LogP contribution in [0.5, 0.6) is 0 Å². The summed E-state index contributed by atoms with van der Waals surface area (Å²) in [7, 11) is 0. The van der Waals surface area contributed by atoms with E-state index in [4.69, 9.17) is 4.74 Å². The van der Waals surface area contributed by atoms with E-state index >= 15 is 0 Å². The van der Waals surface area contributed by atoms with Crippen molar-refractivity contribution in [2.45, 2.75) is 63.8 Å². The third-order valence-electron chi connectivity index (χ3n) is 5.47. The van der Waals surface area contributed by atoms with Crippen LogP contribution in [0, 0.1) is 12.3 Å². The van der Waals surface area contributed by atoms with Gasteiger partial charge in [-0.05, 0) is 32.3 Å². The zero-order valence-electron chi connectivity index (χ0n) is 15.4. The fraction of sp³-hybridized carbons (Fsp3) is 0.550. The lowest BCUT2D eigenvalue weighted by molar-refractivity contribution is -0.151. The first-order chi connectivity index (χ1) is 12.6. The molecule has 0 N–H and O–H groups in total. The number of rotatable bonds is 6. The van der Waals surface area contributed by atoms with Crippen LogP contribution in [0.2, 0.25) is 0 Å². The van der Waals surface area contributed by atoms with E-state index in [1.54, 1.807) is 11.8 Å². The molecule has 1 saturated carbocycles. The zero-order valence-corrected chi connectivity index (χ0v) is 16.2. The smallest absolute Gasteiger partial charge is 0.312 e. The number of esters is 1. The molecule has 0 bridgehead atoms. The van der Waals surface area contributed by atoms with Crippen LogP contribution in [0.3, 0.4) is 0 Å². The summed E-state index contributed by atoms with van der Waals surface area (Å²) < 4.78 is 7.82. The first-order valence-corrected chi connectivity index (χ1v) is 10.4. The quantitative estimate of drug-likeness (QED) is 0.561. The van der Waals surface area contributed by atoms with Gasteiger partial charge in [-0.25, -0.2) is 0 Å². The van der Waals surface area contributed by atoms with Crippen molar-refractivity contribution in [3.63, 3.8) is 0 Å². The Morgan fingerprint density at radius 3 is 2.85 bits per heavy atom. The highest BCUT2D eigenvalue weighted by Gasteiger charge is 2.52. The van der Waals surface area contributed by atoms with Crippen LogP contribution in [0.1, 0.15) is 44.6 Å². The molecule has 0 amide bonds. The fourth-order valence-corrected chi connectivity index (χ4v) is 4.88. The Morgan fingerprint density at radius 1 is 1.35 bits per heavy atom. The molecule has 4 rings (SSSR count). The van der Waals surface area contributed by atoms with Gasteiger partial charge in [0, 0.05) is 24.3 Å². The molecule has 1 saturated heterocycles. The number of ether oxygens (including phenoxy) is 1. The van der Waals surface area contributed by atoms with E-state index in [0.717, 1.165) is 60.9 Å². The SMILES string of the molecule is CCCn1c(SC[C@@H]2CC3(CCC3)C(=O)O2)nnc1-c1cccc(C)c1. The average Bonchev–Trinajstić information content (AvgIpc) is 3.14. The molecule has 5 nitrogen and oxygen atoms in total. The first kappa shape index (κ1) is 17.6. The Hall–Kier alpha value is -1.82. The standard InChI is InChI=1S/C20H25N3O2S/c1-3-10-23-17(15-7-4-6-14(2)11-15)21-22-19(23)26-13-16-12-20(8-5-9-20)18(24)25-16/h4,6-7,11,16H,3,5,8-10,12-13H2,1-2H3/t16-/m0/s1. The Labute approximate surface area is 158 Å². The minimum Gasteiger partial charge on any atom is -0.461 e. The van der Waals surface area contributed by atoms with E-state index in [1.807, 2.05) is 0 Å². The highest BCUT2D eigenvalue weighted by Crippen LogP contribution is 2.50. The Kier molecular flexibility index (Phi) is 4.78. The molecule has 2 aliphatic rings. The van der Waals surface area contributed by atoms with Gasteiger partial charge in [-0.15, -0.1) is 10.2 Å². The summed E-state index contributed by atoms with van der Waals surface area (Å²) >= 11 is 1.65. The average molecular weight is 372 g/mol. The summed E-state index contributed by atoms with van der Waals surface area (Å²) in [6, 6.07) is 8.36. The molecular formula is C20H25N3O2S. The molecule has 138 valence electrons. The summed E-state index contributed by atoms with van der Waals surface area (Å²) in [5, 5.41) is 9.78. The summed E-state index contributed by atoms with van der Waals surface area (Å²) in [5.74, 6) is 1.69. The minimum atomic E-state index is -0.158. The number of carbonyl (C=O) groups excluding carboxylic acids is 1. The van der Waals surface area contributed by atoms with Crippen molar-refractivity contribution in [1.82, 2.24) is 14.8 Å². The molecule has 1 atom stereocenters. The van der Waals surface area contributed by atoms with Gasteiger partial charge < -0.3 is 9.30 Å². The van der Waals surface area contributed by atoms with Gasteiger partial charge >= 0.3 is 5.97 Å². The molecule has 26 heavy (non-hydrogen) atoms. The van der Waals surface area contributed by atoms with Crippen LogP contribution in [-0.2, 0) is 16.1 Å². The van der Waals surface area contributed by atoms with Gasteiger partial charge in [0.05, 0.1) is 5.41 Å². The summed E-state index contributed by atoms with van der Waals surface area (Å²) in [6.45, 7) is 5.13. The second-order valence-corrected chi connectivity index (χ2v) is 8.49. The van der Waals surface area contributed by atoms with Gasteiger partial charge in [-0.3, -0.25) is 4.79 Å². The molecule has 0 radical (unpaired) electrons. The molecule has 1 aromatic heterocycles. The first-order valence-electron chi connectivity index (χ1n) is 9.45. The molecule has 1 aliphatic heterocycles. The van der Waals surface area contributed by atoms with Crippen LogP contribution in [0.15, 0.2) is 29.4 Å². The van der Waals surface area contributed by atoms with Crippen LogP contribution >= 0.6 is 11.8 Å². The normalized spacial score (nSPS) is 21.0. The number of aryl methyl sites for hydroxylation is 1. The maximum Gasteiger partial charge on any atom is 0.312 e. The molecular weight excluding hydrogens is 346 g/mol. The largest absolute Gasteiger partial charge is 0.461 e. The van der Waals surface area contributed by atoms with E-state index in [9.17, 15) is 4.79 Å². The number of cyclic esters (lactones) is 1. The lowest BCUT2D eigenvalue weighted by Crippen LogP contribution is -2.33. The van der Waals surface area contributed by atoms with Crippen molar-refractivity contribution in [2.24, 2.45) is 5.41 Å². The lowest BCUT2D eigenvalue weighted by Gasteiger charge is -2.33. The lowest BCUT2D eigenvalue weighted by atomic mass is 9.67. The molecule has 2 aromatic rings. The fourth-order valence-electron chi connectivity index (χ4n) is 3.93. The maximum absolute atomic E-state index is 12.1. The number of hydrogen-bond donors (Lipinski definition) is 0. The van der Waals surface area contributed by atoms with Gasteiger partial charge in [0.25, 0.3) is 0 Å². The van der Waals surface area contributed by atoms with E-state index < -0.39 is 0 Å². The van der Waals surface area contributed by atoms with E-state index in [2.05, 4.69) is 52.9 Å². The van der Waals surface area contributed by atoms with Gasteiger partial charge in [-0.2, -0.15) is 0 Å². The summed E-state index contributed by atoms with van der Waals surface area (Å²) in [6.07, 6.45) is 5.03. The summed E-state index contributed by atoms with van der Waals surface area (Å²) in [4.78, 5) is 12.1. The third-order valence-corrected chi connectivity index (χ3v) is 6.57. The summed E-state index contributed by atoms with van der Waals surface area (Å²) in [5.41, 5.74) is 2.15. The Bertz CT molecular complexity index is 813. The van der Waals surface area contributed by atoms with E-state index in [1.165, 1.54) is 5.56 Å². The highest BCUT2D eigenvalue weighted by molar-refractivity contribution is 7.99. The van der Waals surface area contributed by atoms with Crippen LogP contribution < -0.4 is 0 Å². The maximum atomic E-state index is 12.1. The molecule has 1 aliphatic carbocycles. The molecule has 6 heteroatoms. The topological polar surface area (TPSA) is 57.0 Å². The molecule has 1 spiro atoms. The van der Waals surface area contributed by atoms with Crippen molar-refractivity contribution in [1.29, 1.82) is 0 Å². The number of thioether (sulfide) groups is 1. The third kappa shape index (κ3) is 3.15. The Morgan fingerprint density at radius 2 is 2.19 bits per heavy atom. The number of benzene rings is 1. The number of carbonyl (C=O) groups is 1. The van der Waals surface area contributed by atoms with Crippen LogP contribution in [0.25, 0.3) is 11.4 Å². The second-order valence-electron chi connectivity index (χ2n) is 7.50. The highest BCUT2D eigenvalue weighted by atomic mass is 32.2. The van der Waals surface area contributed by atoms with Crippen molar-refractivity contribution in [3.05, 3.63) is 29.8 Å². The minimum absolute atomic E-state index is 0.00185. The number of aromatic nitrogens is 3. The van der Waals surface area contributed by atoms with Crippen LogP contribution in [0.4, 0.5) is 0 Å².